The molecule has 4 nitrogen and oxygen atoms in total. The molecule has 1 aliphatic carbocycles. The Hall–Kier alpha value is -1.60. The molecule has 7 heteroatoms. The Balaban J connectivity index is 1.92. The Kier molecular flexibility index (Phi) is 5.42. The van der Waals surface area contributed by atoms with E-state index >= 15 is 0 Å². The summed E-state index contributed by atoms with van der Waals surface area (Å²) in [5.74, 6) is -0.458. The minimum Gasteiger partial charge on any atom is -0.395 e. The molecule has 1 aromatic rings. The van der Waals surface area contributed by atoms with Gasteiger partial charge in [-0.25, -0.2) is 0 Å². The number of halogens is 3. The SMILES string of the molecule is O=C(CCN(CCO)C1CC1)Nc1ccccc1C(F)(F)F. The standard InChI is InChI=1S/C15H19F3N2O2/c16-15(17,18)12-3-1-2-4-13(12)19-14(22)7-8-20(9-10-21)11-5-6-11/h1-4,11,21H,5-10H2,(H,19,22). The van der Waals surface area contributed by atoms with Crippen molar-refractivity contribution in [3.8, 4) is 0 Å². The molecule has 0 bridgehead atoms. The van der Waals surface area contributed by atoms with Gasteiger partial charge in [-0.2, -0.15) is 13.2 Å². The molecule has 1 aromatic carbocycles. The molecule has 0 radical (unpaired) electrons. The Bertz CT molecular complexity index is 516. The topological polar surface area (TPSA) is 52.6 Å². The molecule has 0 aromatic heterocycles. The Labute approximate surface area is 126 Å². The minimum atomic E-state index is -4.50. The van der Waals surface area contributed by atoms with Gasteiger partial charge in [0.25, 0.3) is 0 Å². The number of aliphatic hydroxyl groups is 1. The first kappa shape index (κ1) is 16.8. The van der Waals surface area contributed by atoms with Gasteiger partial charge in [-0.05, 0) is 25.0 Å². The monoisotopic (exact) mass is 316 g/mol. The van der Waals surface area contributed by atoms with E-state index in [0.29, 0.717) is 19.1 Å². The number of para-hydroxylation sites is 1. The van der Waals surface area contributed by atoms with E-state index in [0.717, 1.165) is 18.9 Å². The van der Waals surface area contributed by atoms with Crippen LogP contribution in [-0.4, -0.2) is 41.7 Å². The van der Waals surface area contributed by atoms with Crippen molar-refractivity contribution < 1.29 is 23.1 Å². The van der Waals surface area contributed by atoms with E-state index < -0.39 is 17.6 Å². The van der Waals surface area contributed by atoms with Crippen LogP contribution in [0.4, 0.5) is 18.9 Å². The molecular formula is C15H19F3N2O2. The van der Waals surface area contributed by atoms with Gasteiger partial charge in [0.2, 0.25) is 5.91 Å². The lowest BCUT2D eigenvalue weighted by atomic mass is 10.1. The first-order valence-electron chi connectivity index (χ1n) is 7.23. The van der Waals surface area contributed by atoms with Gasteiger partial charge in [-0.1, -0.05) is 12.1 Å². The molecule has 0 unspecified atom stereocenters. The number of hydrogen-bond acceptors (Lipinski definition) is 3. The normalized spacial score (nSPS) is 15.1. The van der Waals surface area contributed by atoms with E-state index in [9.17, 15) is 18.0 Å². The maximum Gasteiger partial charge on any atom is 0.418 e. The lowest BCUT2D eigenvalue weighted by Gasteiger charge is -2.20. The summed E-state index contributed by atoms with van der Waals surface area (Å²) in [6.45, 7) is 0.928. The second kappa shape index (κ2) is 7.11. The number of nitrogens with zero attached hydrogens (tertiary/aromatic N) is 1. The van der Waals surface area contributed by atoms with Crippen molar-refractivity contribution in [1.29, 1.82) is 0 Å². The summed E-state index contributed by atoms with van der Waals surface area (Å²) in [7, 11) is 0. The van der Waals surface area contributed by atoms with Gasteiger partial charge in [-0.15, -0.1) is 0 Å². The lowest BCUT2D eigenvalue weighted by Crippen LogP contribution is -2.32. The van der Waals surface area contributed by atoms with Crippen LogP contribution in [0.5, 0.6) is 0 Å². The van der Waals surface area contributed by atoms with Crippen molar-refractivity contribution in [2.45, 2.75) is 31.5 Å². The molecule has 1 aliphatic rings. The molecule has 122 valence electrons. The summed E-state index contributed by atoms with van der Waals surface area (Å²) < 4.78 is 38.5. The molecule has 0 heterocycles. The number of alkyl halides is 3. The number of carbonyl (C=O) groups is 1. The molecule has 2 rings (SSSR count). The van der Waals surface area contributed by atoms with Crippen LogP contribution in [0.15, 0.2) is 24.3 Å². The van der Waals surface area contributed by atoms with E-state index in [4.69, 9.17) is 5.11 Å². The number of rotatable bonds is 7. The summed E-state index contributed by atoms with van der Waals surface area (Å²) >= 11 is 0. The third kappa shape index (κ3) is 4.71. The van der Waals surface area contributed by atoms with Gasteiger partial charge < -0.3 is 10.4 Å². The highest BCUT2D eigenvalue weighted by molar-refractivity contribution is 5.91. The van der Waals surface area contributed by atoms with Crippen LogP contribution in [0.2, 0.25) is 0 Å². The fourth-order valence-corrected chi connectivity index (χ4v) is 2.34. The average molecular weight is 316 g/mol. The smallest absolute Gasteiger partial charge is 0.395 e. The summed E-state index contributed by atoms with van der Waals surface area (Å²) in [6, 6.07) is 5.31. The molecule has 0 spiro atoms. The third-order valence-electron chi connectivity index (χ3n) is 3.58. The average Bonchev–Trinajstić information content (AvgIpc) is 3.27. The van der Waals surface area contributed by atoms with Crippen LogP contribution in [-0.2, 0) is 11.0 Å². The highest BCUT2D eigenvalue weighted by atomic mass is 19.4. The van der Waals surface area contributed by atoms with Crippen LogP contribution >= 0.6 is 0 Å². The predicted molar refractivity (Wildman–Crippen MR) is 76.4 cm³/mol. The zero-order valence-electron chi connectivity index (χ0n) is 12.1. The van der Waals surface area contributed by atoms with Crippen molar-refractivity contribution in [1.82, 2.24) is 4.90 Å². The number of anilines is 1. The van der Waals surface area contributed by atoms with E-state index in [-0.39, 0.29) is 18.7 Å². The quantitative estimate of drug-likeness (QED) is 0.812. The second-order valence-electron chi connectivity index (χ2n) is 5.33. The second-order valence-corrected chi connectivity index (χ2v) is 5.33. The van der Waals surface area contributed by atoms with Crippen LogP contribution in [0.1, 0.15) is 24.8 Å². The molecule has 0 aliphatic heterocycles. The fraction of sp³-hybridized carbons (Fsp3) is 0.533. The Morgan fingerprint density at radius 3 is 2.55 bits per heavy atom. The van der Waals surface area contributed by atoms with Crippen LogP contribution in [0.3, 0.4) is 0 Å². The minimum absolute atomic E-state index is 0.00895. The highest BCUT2D eigenvalue weighted by Gasteiger charge is 2.33. The van der Waals surface area contributed by atoms with E-state index in [1.54, 1.807) is 0 Å². The molecule has 1 saturated carbocycles. The largest absolute Gasteiger partial charge is 0.418 e. The molecular weight excluding hydrogens is 297 g/mol. The first-order chi connectivity index (χ1) is 10.4. The van der Waals surface area contributed by atoms with Gasteiger partial charge in [-0.3, -0.25) is 9.69 Å². The summed E-state index contributed by atoms with van der Waals surface area (Å²) in [4.78, 5) is 13.9. The third-order valence-corrected chi connectivity index (χ3v) is 3.58. The Morgan fingerprint density at radius 1 is 1.27 bits per heavy atom. The number of carbonyl (C=O) groups excluding carboxylic acids is 1. The van der Waals surface area contributed by atoms with Crippen LogP contribution < -0.4 is 5.32 Å². The summed E-state index contributed by atoms with van der Waals surface area (Å²) in [5, 5.41) is 11.3. The number of amides is 1. The van der Waals surface area contributed by atoms with Crippen molar-refractivity contribution in [3.05, 3.63) is 29.8 Å². The van der Waals surface area contributed by atoms with Gasteiger partial charge in [0, 0.05) is 25.6 Å². The summed E-state index contributed by atoms with van der Waals surface area (Å²) in [5.41, 5.74) is -1.07. The molecule has 0 saturated heterocycles. The Morgan fingerprint density at radius 2 is 1.95 bits per heavy atom. The number of hydrogen-bond donors (Lipinski definition) is 2. The van der Waals surface area contributed by atoms with Crippen molar-refractivity contribution in [3.63, 3.8) is 0 Å². The maximum absolute atomic E-state index is 12.8. The van der Waals surface area contributed by atoms with Gasteiger partial charge in [0.1, 0.15) is 0 Å². The zero-order valence-corrected chi connectivity index (χ0v) is 12.1. The molecule has 1 amide bonds. The molecule has 1 fully saturated rings. The molecule has 22 heavy (non-hydrogen) atoms. The summed E-state index contributed by atoms with van der Waals surface area (Å²) in [6.07, 6.45) is -2.32. The van der Waals surface area contributed by atoms with E-state index in [1.165, 1.54) is 18.2 Å². The first-order valence-corrected chi connectivity index (χ1v) is 7.23. The number of benzene rings is 1. The highest BCUT2D eigenvalue weighted by Crippen LogP contribution is 2.34. The van der Waals surface area contributed by atoms with Gasteiger partial charge in [0.05, 0.1) is 17.9 Å². The van der Waals surface area contributed by atoms with Gasteiger partial charge >= 0.3 is 6.18 Å². The van der Waals surface area contributed by atoms with E-state index in [1.807, 2.05) is 4.90 Å². The van der Waals surface area contributed by atoms with Crippen molar-refractivity contribution in [2.24, 2.45) is 0 Å². The molecule has 0 atom stereocenters. The van der Waals surface area contributed by atoms with E-state index in [2.05, 4.69) is 5.32 Å². The predicted octanol–water partition coefficient (Wildman–Crippen LogP) is 2.49. The maximum atomic E-state index is 12.8. The number of nitrogens with one attached hydrogen (secondary N) is 1. The zero-order chi connectivity index (χ0) is 16.2. The lowest BCUT2D eigenvalue weighted by molar-refractivity contribution is -0.137. The van der Waals surface area contributed by atoms with Crippen LogP contribution in [0, 0.1) is 0 Å². The number of aliphatic hydroxyl groups excluding tert-OH is 1. The van der Waals surface area contributed by atoms with Gasteiger partial charge in [0.15, 0.2) is 0 Å². The molecule has 2 N–H and O–H groups in total. The fourth-order valence-electron chi connectivity index (χ4n) is 2.34. The van der Waals surface area contributed by atoms with Crippen molar-refractivity contribution in [2.75, 3.05) is 25.0 Å². The van der Waals surface area contributed by atoms with Crippen LogP contribution in [0.25, 0.3) is 0 Å². The van der Waals surface area contributed by atoms with Crippen molar-refractivity contribution >= 4 is 11.6 Å².